The van der Waals surface area contributed by atoms with Gasteiger partial charge in [0.05, 0.1) is 17.8 Å². The van der Waals surface area contributed by atoms with E-state index in [1.165, 1.54) is 0 Å². The van der Waals surface area contributed by atoms with Gasteiger partial charge in [-0.15, -0.1) is 0 Å². The van der Waals surface area contributed by atoms with Crippen LogP contribution in [0.25, 0.3) is 0 Å². The molecule has 5 heteroatoms. The van der Waals surface area contributed by atoms with E-state index in [0.717, 1.165) is 13.1 Å². The minimum atomic E-state index is 0.141. The highest BCUT2D eigenvalue weighted by atomic mass is 35.5. The van der Waals surface area contributed by atoms with Crippen molar-refractivity contribution in [2.45, 2.75) is 26.1 Å². The number of rotatable bonds is 1. The normalized spacial score (nSPS) is 24.5. The van der Waals surface area contributed by atoms with Crippen molar-refractivity contribution in [1.29, 1.82) is 5.26 Å². The number of hydrogen-bond acceptors (Lipinski definition) is 4. The lowest BCUT2D eigenvalue weighted by molar-refractivity contribution is -0.00545. The Labute approximate surface area is 106 Å². The number of ether oxygens (including phenoxy) is 1. The topological polar surface area (TPSA) is 49.2 Å². The summed E-state index contributed by atoms with van der Waals surface area (Å²) >= 11 is 6.17. The molecule has 17 heavy (non-hydrogen) atoms. The maximum Gasteiger partial charge on any atom is 0.148 e. The Morgan fingerprint density at radius 1 is 1.47 bits per heavy atom. The molecule has 0 amide bonds. The number of morpholine rings is 1. The third-order valence-corrected chi connectivity index (χ3v) is 3.08. The molecule has 1 aromatic heterocycles. The van der Waals surface area contributed by atoms with Crippen LogP contribution in [0.15, 0.2) is 12.3 Å². The molecular weight excluding hydrogens is 238 g/mol. The van der Waals surface area contributed by atoms with Crippen LogP contribution >= 0.6 is 11.6 Å². The molecule has 1 fully saturated rings. The van der Waals surface area contributed by atoms with Crippen LogP contribution < -0.4 is 4.90 Å². The predicted molar refractivity (Wildman–Crippen MR) is 66.2 cm³/mol. The Hall–Kier alpha value is -1.31. The van der Waals surface area contributed by atoms with Gasteiger partial charge in [-0.05, 0) is 19.9 Å². The summed E-state index contributed by atoms with van der Waals surface area (Å²) in [6.07, 6.45) is 1.90. The molecule has 0 saturated carbocycles. The molecule has 1 aromatic rings. The van der Waals surface area contributed by atoms with Crippen molar-refractivity contribution in [2.75, 3.05) is 18.0 Å². The van der Waals surface area contributed by atoms with Crippen LogP contribution in [0.1, 0.15) is 19.4 Å². The van der Waals surface area contributed by atoms with Crippen molar-refractivity contribution in [1.82, 2.24) is 4.98 Å². The van der Waals surface area contributed by atoms with Crippen LogP contribution in [-0.4, -0.2) is 30.3 Å². The Kier molecular flexibility index (Phi) is 3.51. The van der Waals surface area contributed by atoms with E-state index in [-0.39, 0.29) is 12.2 Å². The maximum absolute atomic E-state index is 8.94. The van der Waals surface area contributed by atoms with Gasteiger partial charge in [-0.3, -0.25) is 0 Å². The first-order chi connectivity index (χ1) is 8.11. The van der Waals surface area contributed by atoms with Crippen molar-refractivity contribution < 1.29 is 4.74 Å². The van der Waals surface area contributed by atoms with Gasteiger partial charge in [-0.1, -0.05) is 11.6 Å². The molecule has 90 valence electrons. The molecular formula is C12H14ClN3O. The third-order valence-electron chi connectivity index (χ3n) is 2.71. The summed E-state index contributed by atoms with van der Waals surface area (Å²) in [6, 6.07) is 3.69. The first-order valence-corrected chi connectivity index (χ1v) is 5.94. The number of halogens is 1. The minimum absolute atomic E-state index is 0.141. The summed E-state index contributed by atoms with van der Waals surface area (Å²) in [7, 11) is 0. The molecule has 0 aromatic carbocycles. The Morgan fingerprint density at radius 3 is 2.71 bits per heavy atom. The summed E-state index contributed by atoms with van der Waals surface area (Å²) in [5.74, 6) is 0.674. The van der Waals surface area contributed by atoms with Crippen LogP contribution in [0.3, 0.4) is 0 Å². The average Bonchev–Trinajstić information content (AvgIpc) is 2.28. The van der Waals surface area contributed by atoms with Gasteiger partial charge < -0.3 is 9.64 Å². The average molecular weight is 252 g/mol. The molecule has 2 heterocycles. The van der Waals surface area contributed by atoms with Crippen molar-refractivity contribution in [3.63, 3.8) is 0 Å². The van der Waals surface area contributed by atoms with Gasteiger partial charge in [0.1, 0.15) is 16.9 Å². The number of hydrogen-bond donors (Lipinski definition) is 0. The molecule has 0 unspecified atom stereocenters. The molecule has 4 nitrogen and oxygen atoms in total. The Balaban J connectivity index is 2.31. The van der Waals surface area contributed by atoms with E-state index in [2.05, 4.69) is 16.0 Å². The third kappa shape index (κ3) is 2.51. The standard InChI is InChI=1S/C12H14ClN3O/c1-8-6-16(7-9(2)17-8)12-11(13)10(5-14)3-4-15-12/h3-4,8-9H,6-7H2,1-2H3/t8-,9+. The number of nitriles is 1. The molecule has 2 atom stereocenters. The first kappa shape index (κ1) is 12.2. The van der Waals surface area contributed by atoms with Crippen LogP contribution in [0.4, 0.5) is 5.82 Å². The lowest BCUT2D eigenvalue weighted by atomic mass is 10.2. The molecule has 0 aliphatic carbocycles. The molecule has 1 aliphatic rings. The second kappa shape index (κ2) is 4.91. The summed E-state index contributed by atoms with van der Waals surface area (Å²) in [6.45, 7) is 5.52. The number of anilines is 1. The Bertz CT molecular complexity index is 448. The first-order valence-electron chi connectivity index (χ1n) is 5.57. The van der Waals surface area contributed by atoms with Crippen LogP contribution in [0.5, 0.6) is 0 Å². The number of pyridine rings is 1. The zero-order chi connectivity index (χ0) is 12.4. The van der Waals surface area contributed by atoms with E-state index in [0.29, 0.717) is 16.4 Å². The smallest absolute Gasteiger partial charge is 0.148 e. The fraction of sp³-hybridized carbons (Fsp3) is 0.500. The van der Waals surface area contributed by atoms with E-state index < -0.39 is 0 Å². The second-order valence-corrected chi connectivity index (χ2v) is 4.65. The van der Waals surface area contributed by atoms with Gasteiger partial charge in [0.25, 0.3) is 0 Å². The Morgan fingerprint density at radius 2 is 2.12 bits per heavy atom. The lowest BCUT2D eigenvalue weighted by Crippen LogP contribution is -2.46. The van der Waals surface area contributed by atoms with E-state index in [9.17, 15) is 0 Å². The monoisotopic (exact) mass is 251 g/mol. The highest BCUT2D eigenvalue weighted by molar-refractivity contribution is 6.34. The van der Waals surface area contributed by atoms with Crippen molar-refractivity contribution in [2.24, 2.45) is 0 Å². The molecule has 2 rings (SSSR count). The summed E-state index contributed by atoms with van der Waals surface area (Å²) in [5, 5.41) is 9.37. The highest BCUT2D eigenvalue weighted by Gasteiger charge is 2.25. The van der Waals surface area contributed by atoms with Crippen LogP contribution in [0, 0.1) is 11.3 Å². The fourth-order valence-corrected chi connectivity index (χ4v) is 2.36. The molecule has 1 saturated heterocycles. The van der Waals surface area contributed by atoms with E-state index in [4.69, 9.17) is 21.6 Å². The van der Waals surface area contributed by atoms with Crippen LogP contribution in [0.2, 0.25) is 5.02 Å². The van der Waals surface area contributed by atoms with Crippen molar-refractivity contribution in [3.05, 3.63) is 22.8 Å². The van der Waals surface area contributed by atoms with Gasteiger partial charge >= 0.3 is 0 Å². The van der Waals surface area contributed by atoms with E-state index in [1.807, 2.05) is 13.8 Å². The largest absolute Gasteiger partial charge is 0.372 e. The SMILES string of the molecule is C[C@@H]1CN(c2nccc(C#N)c2Cl)C[C@H](C)O1. The lowest BCUT2D eigenvalue weighted by Gasteiger charge is -2.36. The highest BCUT2D eigenvalue weighted by Crippen LogP contribution is 2.28. The van der Waals surface area contributed by atoms with E-state index >= 15 is 0 Å². The molecule has 0 radical (unpaired) electrons. The van der Waals surface area contributed by atoms with Crippen molar-refractivity contribution in [3.8, 4) is 6.07 Å². The van der Waals surface area contributed by atoms with Crippen LogP contribution in [-0.2, 0) is 4.74 Å². The summed E-state index contributed by atoms with van der Waals surface area (Å²) < 4.78 is 5.66. The van der Waals surface area contributed by atoms with Gasteiger partial charge in [0.15, 0.2) is 0 Å². The van der Waals surface area contributed by atoms with E-state index in [1.54, 1.807) is 12.3 Å². The minimum Gasteiger partial charge on any atom is -0.372 e. The molecule has 0 N–H and O–H groups in total. The zero-order valence-electron chi connectivity index (χ0n) is 9.85. The van der Waals surface area contributed by atoms with Gasteiger partial charge in [-0.2, -0.15) is 5.26 Å². The molecule has 0 bridgehead atoms. The van der Waals surface area contributed by atoms with Gasteiger partial charge in [0.2, 0.25) is 0 Å². The quantitative estimate of drug-likeness (QED) is 0.768. The molecule has 1 aliphatic heterocycles. The second-order valence-electron chi connectivity index (χ2n) is 4.27. The summed E-state index contributed by atoms with van der Waals surface area (Å²) in [4.78, 5) is 6.34. The number of aromatic nitrogens is 1. The van der Waals surface area contributed by atoms with Gasteiger partial charge in [-0.25, -0.2) is 4.98 Å². The maximum atomic E-state index is 8.94. The molecule has 0 spiro atoms. The summed E-state index contributed by atoms with van der Waals surface area (Å²) in [5.41, 5.74) is 0.462. The predicted octanol–water partition coefficient (Wildman–Crippen LogP) is 2.22. The number of nitrogens with zero attached hydrogens (tertiary/aromatic N) is 3. The zero-order valence-corrected chi connectivity index (χ0v) is 10.6. The van der Waals surface area contributed by atoms with Crippen molar-refractivity contribution >= 4 is 17.4 Å². The van der Waals surface area contributed by atoms with Gasteiger partial charge in [0, 0.05) is 19.3 Å². The fourth-order valence-electron chi connectivity index (χ4n) is 2.09.